The number of carbonyl (C=O) groups is 1. The van der Waals surface area contributed by atoms with Crippen molar-refractivity contribution in [3.8, 4) is 0 Å². The monoisotopic (exact) mass is 411 g/mol. The van der Waals surface area contributed by atoms with E-state index in [4.69, 9.17) is 28.3 Å². The Morgan fingerprint density at radius 3 is 2.44 bits per heavy atom. The molecule has 0 aliphatic heterocycles. The van der Waals surface area contributed by atoms with Gasteiger partial charge in [-0.2, -0.15) is 0 Å². The Labute approximate surface area is 163 Å². The lowest BCUT2D eigenvalue weighted by atomic mass is 10.1. The van der Waals surface area contributed by atoms with Crippen LogP contribution in [0.4, 0.5) is 22.1 Å². The van der Waals surface area contributed by atoms with Crippen molar-refractivity contribution in [3.05, 3.63) is 28.2 Å². The maximum Gasteiger partial charge on any atom is 0.404 e. The molecular weight excluding hydrogens is 397 g/mol. The Hall–Kier alpha value is -2.85. The van der Waals surface area contributed by atoms with Crippen LogP contribution in [0.15, 0.2) is 22.8 Å². The number of carboxylic acid groups (broad SMARTS) is 1. The highest BCUT2D eigenvalue weighted by Crippen LogP contribution is 2.30. The van der Waals surface area contributed by atoms with Crippen LogP contribution >= 0.6 is 23.2 Å². The molecule has 2 heterocycles. The van der Waals surface area contributed by atoms with Crippen molar-refractivity contribution in [2.24, 2.45) is 0 Å². The average molecular weight is 412 g/mol. The van der Waals surface area contributed by atoms with Crippen LogP contribution in [-0.2, 0) is 0 Å². The molecule has 12 heteroatoms. The molecule has 10 nitrogen and oxygen atoms in total. The Kier molecular flexibility index (Phi) is 5.19. The molecule has 0 fully saturated rings. The number of halogens is 2. The van der Waals surface area contributed by atoms with Gasteiger partial charge in [0, 0.05) is 12.2 Å². The van der Waals surface area contributed by atoms with Gasteiger partial charge in [-0.1, -0.05) is 23.2 Å². The van der Waals surface area contributed by atoms with Crippen LogP contribution in [0.5, 0.6) is 0 Å². The van der Waals surface area contributed by atoms with Crippen LogP contribution < -0.4 is 16.0 Å². The van der Waals surface area contributed by atoms with Crippen molar-refractivity contribution in [1.82, 2.24) is 25.6 Å². The van der Waals surface area contributed by atoms with Gasteiger partial charge in [0.05, 0.1) is 15.6 Å². The van der Waals surface area contributed by atoms with Crippen molar-refractivity contribution < 1.29 is 14.5 Å². The van der Waals surface area contributed by atoms with E-state index in [9.17, 15) is 4.79 Å². The fourth-order valence-electron chi connectivity index (χ4n) is 2.18. The second-order valence-electron chi connectivity index (χ2n) is 6.25. The fourth-order valence-corrected chi connectivity index (χ4v) is 2.48. The molecule has 3 rings (SSSR count). The molecule has 0 atom stereocenters. The second kappa shape index (κ2) is 7.41. The molecule has 1 amide bonds. The largest absolute Gasteiger partial charge is 0.465 e. The Balaban J connectivity index is 1.93. The number of anilines is 3. The zero-order chi connectivity index (χ0) is 19.6. The summed E-state index contributed by atoms with van der Waals surface area (Å²) in [6, 6.07) is 5.00. The molecule has 0 unspecified atom stereocenters. The number of nitrogens with zero attached hydrogens (tertiary/aromatic N) is 4. The van der Waals surface area contributed by atoms with Crippen LogP contribution in [0.25, 0.3) is 11.3 Å². The molecule has 0 spiro atoms. The topological polar surface area (TPSA) is 138 Å². The van der Waals surface area contributed by atoms with Gasteiger partial charge in [0.2, 0.25) is 11.3 Å². The number of hydrogen-bond acceptors (Lipinski definition) is 8. The maximum atomic E-state index is 10.8. The van der Waals surface area contributed by atoms with Gasteiger partial charge in [-0.05, 0) is 42.4 Å². The van der Waals surface area contributed by atoms with Crippen LogP contribution in [0, 0.1) is 0 Å². The molecule has 2 aromatic heterocycles. The minimum Gasteiger partial charge on any atom is -0.465 e. The summed E-state index contributed by atoms with van der Waals surface area (Å²) in [5.74, 6) is 0.668. The lowest BCUT2D eigenvalue weighted by molar-refractivity contribution is 0.192. The smallest absolute Gasteiger partial charge is 0.404 e. The number of amides is 1. The molecule has 0 aliphatic rings. The van der Waals surface area contributed by atoms with E-state index in [-0.39, 0.29) is 17.8 Å². The average Bonchev–Trinajstić information content (AvgIpc) is 3.03. The van der Waals surface area contributed by atoms with E-state index < -0.39 is 11.6 Å². The minimum atomic E-state index is -1.12. The van der Waals surface area contributed by atoms with Crippen LogP contribution in [-0.4, -0.2) is 43.6 Å². The van der Waals surface area contributed by atoms with E-state index in [2.05, 4.69) is 40.9 Å². The zero-order valence-corrected chi connectivity index (χ0v) is 15.8. The van der Waals surface area contributed by atoms with E-state index in [1.54, 1.807) is 32.0 Å². The lowest BCUT2D eigenvalue weighted by Gasteiger charge is -2.27. The third-order valence-electron chi connectivity index (χ3n) is 3.43. The van der Waals surface area contributed by atoms with Crippen molar-refractivity contribution in [2.75, 3.05) is 17.2 Å². The summed E-state index contributed by atoms with van der Waals surface area (Å²) >= 11 is 12.0. The van der Waals surface area contributed by atoms with Crippen molar-refractivity contribution in [3.63, 3.8) is 0 Å². The van der Waals surface area contributed by atoms with Gasteiger partial charge in [0.25, 0.3) is 0 Å². The Morgan fingerprint density at radius 1 is 1.15 bits per heavy atom. The van der Waals surface area contributed by atoms with Crippen LogP contribution in [0.3, 0.4) is 0 Å². The molecule has 1 aromatic carbocycles. The highest BCUT2D eigenvalue weighted by molar-refractivity contribution is 6.42. The molecule has 4 N–H and O–H groups in total. The highest BCUT2D eigenvalue weighted by atomic mass is 35.5. The van der Waals surface area contributed by atoms with Gasteiger partial charge in [-0.25, -0.2) is 19.4 Å². The molecule has 0 radical (unpaired) electrons. The maximum absolute atomic E-state index is 10.8. The summed E-state index contributed by atoms with van der Waals surface area (Å²) < 4.78 is 4.66. The zero-order valence-electron chi connectivity index (χ0n) is 14.2. The lowest BCUT2D eigenvalue weighted by Crippen LogP contribution is -2.44. The van der Waals surface area contributed by atoms with Gasteiger partial charge in [-0.15, -0.1) is 0 Å². The molecule has 0 saturated heterocycles. The summed E-state index contributed by atoms with van der Waals surface area (Å²) in [6.07, 6.45) is -1.12. The Morgan fingerprint density at radius 2 is 1.81 bits per heavy atom. The number of nitrogens with one attached hydrogen (secondary N) is 3. The van der Waals surface area contributed by atoms with Gasteiger partial charge in [0.1, 0.15) is 0 Å². The van der Waals surface area contributed by atoms with Crippen LogP contribution in [0.1, 0.15) is 13.8 Å². The first-order valence-corrected chi connectivity index (χ1v) is 8.46. The van der Waals surface area contributed by atoms with Gasteiger partial charge < -0.3 is 21.1 Å². The predicted octanol–water partition coefficient (Wildman–Crippen LogP) is 3.52. The molecule has 142 valence electrons. The van der Waals surface area contributed by atoms with Crippen LogP contribution in [0.2, 0.25) is 10.0 Å². The van der Waals surface area contributed by atoms with E-state index in [0.29, 0.717) is 27.4 Å². The first-order valence-electron chi connectivity index (χ1n) is 7.71. The quantitative estimate of drug-likeness (QED) is 0.479. The van der Waals surface area contributed by atoms with E-state index in [1.165, 1.54) is 0 Å². The molecule has 0 saturated carbocycles. The van der Waals surface area contributed by atoms with Crippen molar-refractivity contribution >= 4 is 57.9 Å². The van der Waals surface area contributed by atoms with E-state index >= 15 is 0 Å². The summed E-state index contributed by atoms with van der Waals surface area (Å²) in [5.41, 5.74) is 0.370. The highest BCUT2D eigenvalue weighted by Gasteiger charge is 2.23. The molecule has 27 heavy (non-hydrogen) atoms. The normalized spacial score (nSPS) is 11.4. The Bertz CT molecular complexity index is 993. The molecule has 0 aliphatic carbocycles. The summed E-state index contributed by atoms with van der Waals surface area (Å²) in [6.45, 7) is 3.74. The van der Waals surface area contributed by atoms with E-state index in [0.717, 1.165) is 0 Å². The summed E-state index contributed by atoms with van der Waals surface area (Å²) in [5, 5.41) is 25.5. The molecular formula is C15H15Cl2N7O3. The summed E-state index contributed by atoms with van der Waals surface area (Å²) in [7, 11) is 0. The summed E-state index contributed by atoms with van der Waals surface area (Å²) in [4.78, 5) is 19.5. The fraction of sp³-hybridized carbons (Fsp3) is 0.267. The van der Waals surface area contributed by atoms with Gasteiger partial charge in [-0.3, -0.25) is 0 Å². The van der Waals surface area contributed by atoms with Gasteiger partial charge in [0.15, 0.2) is 11.6 Å². The first-order chi connectivity index (χ1) is 12.7. The molecule has 0 bridgehead atoms. The second-order valence-corrected chi connectivity index (χ2v) is 7.07. The predicted molar refractivity (Wildman–Crippen MR) is 101 cm³/mol. The van der Waals surface area contributed by atoms with Crippen molar-refractivity contribution in [1.29, 1.82) is 0 Å². The SMILES string of the molecule is CC(C)(CNC(=O)O)Nc1nc2nonc2nc1Nc1ccc(Cl)c(Cl)c1. The number of benzene rings is 1. The minimum absolute atomic E-state index is 0.130. The number of rotatable bonds is 6. The van der Waals surface area contributed by atoms with E-state index in [1.807, 2.05) is 0 Å². The third kappa shape index (κ3) is 4.66. The number of fused-ring (bicyclic) bond motifs is 1. The van der Waals surface area contributed by atoms with Crippen molar-refractivity contribution in [2.45, 2.75) is 19.4 Å². The number of hydrogen-bond donors (Lipinski definition) is 4. The number of aromatic nitrogens is 4. The molecule has 3 aromatic rings. The van der Waals surface area contributed by atoms with Gasteiger partial charge >= 0.3 is 6.09 Å². The first kappa shape index (κ1) is 18.9. The standard InChI is InChI=1S/C15H15Cl2N7O3/c1-15(2,6-18-14(25)26)22-11-10(20-12-13(21-11)24-27-23-12)19-7-3-4-8(16)9(17)5-7/h3-5,18H,6H2,1-2H3,(H,25,26)(H,19,20,23)(H,21,22,24). The third-order valence-corrected chi connectivity index (χ3v) is 4.17.